The van der Waals surface area contributed by atoms with Gasteiger partial charge in [0.1, 0.15) is 6.04 Å². The average Bonchev–Trinajstić information content (AvgIpc) is 3.71. The number of carbonyl (C=O) groups is 2. The first-order valence-electron chi connectivity index (χ1n) is 14.7. The molecule has 0 aromatic heterocycles. The second-order valence-corrected chi connectivity index (χ2v) is 12.1. The van der Waals surface area contributed by atoms with Gasteiger partial charge in [-0.1, -0.05) is 58.1 Å². The predicted molar refractivity (Wildman–Crippen MR) is 156 cm³/mol. The number of hydrogen-bond donors (Lipinski definition) is 3. The predicted octanol–water partition coefficient (Wildman–Crippen LogP) is 6.98. The van der Waals surface area contributed by atoms with Crippen LogP contribution in [-0.2, 0) is 22.2 Å². The molecule has 1 heterocycles. The normalized spacial score (nSPS) is 21.3. The van der Waals surface area contributed by atoms with Crippen molar-refractivity contribution in [1.82, 2.24) is 16.0 Å². The smallest absolute Gasteiger partial charge is 0.350 e. The van der Waals surface area contributed by atoms with Gasteiger partial charge in [0.25, 0.3) is 0 Å². The lowest BCUT2D eigenvalue weighted by Crippen LogP contribution is -2.55. The zero-order valence-electron chi connectivity index (χ0n) is 25.6. The molecular formula is C32H46F5N3O2. The number of nitrogens with one attached hydrogen (secondary N) is 3. The van der Waals surface area contributed by atoms with Crippen LogP contribution in [0.5, 0.6) is 0 Å². The maximum atomic E-state index is 13.4. The lowest BCUT2D eigenvalue weighted by Gasteiger charge is -2.29. The topological polar surface area (TPSA) is 70.2 Å². The van der Waals surface area contributed by atoms with Crippen molar-refractivity contribution in [2.24, 2.45) is 10.8 Å². The van der Waals surface area contributed by atoms with E-state index in [1.165, 1.54) is 12.1 Å². The Balaban J connectivity index is 0.000000797. The third-order valence-electron chi connectivity index (χ3n) is 7.29. The summed E-state index contributed by atoms with van der Waals surface area (Å²) in [6.07, 6.45) is 6.03. The zero-order chi connectivity index (χ0) is 31.8. The molecule has 2 amide bonds. The highest BCUT2D eigenvalue weighted by Crippen LogP contribution is 2.54. The number of rotatable bonds is 7. The van der Waals surface area contributed by atoms with Crippen molar-refractivity contribution in [3.8, 4) is 0 Å². The van der Waals surface area contributed by atoms with E-state index < -0.39 is 29.1 Å². The molecule has 0 radical (unpaired) electrons. The van der Waals surface area contributed by atoms with E-state index in [1.807, 2.05) is 19.9 Å². The van der Waals surface area contributed by atoms with Gasteiger partial charge in [-0.3, -0.25) is 9.59 Å². The number of halogens is 5. The number of hydrogen-bond acceptors (Lipinski definition) is 3. The van der Waals surface area contributed by atoms with Gasteiger partial charge in [-0.25, -0.2) is 8.78 Å². The molecule has 1 aliphatic heterocycles. The molecule has 5 nitrogen and oxygen atoms in total. The first-order valence-corrected chi connectivity index (χ1v) is 14.7. The summed E-state index contributed by atoms with van der Waals surface area (Å²) in [5.74, 6) is -3.00. The standard InChI is InChI=1S/C27H34F3N3O2.C3H6F2.C2H6/c1-25(2)11-9-19(10-12-25)26(13-14-26)24(35)33-22(23(34)32-21-4-3-15-31-17-21)16-18-5-7-20(8-6-18)27(28,29)30;1-3(2,4)5;1-2/h5-11,21-22,31H,3-4,12-17H2,1-2H3,(H,32,34)(H,33,35);1-2H3;1-2H3/t21-,22+;;/m1../s1. The van der Waals surface area contributed by atoms with Gasteiger partial charge in [-0.15, -0.1) is 0 Å². The molecule has 3 N–H and O–H groups in total. The fourth-order valence-electron chi connectivity index (χ4n) is 4.80. The van der Waals surface area contributed by atoms with Crippen LogP contribution in [0, 0.1) is 10.8 Å². The Morgan fingerprint density at radius 1 is 1.05 bits per heavy atom. The Bertz CT molecular complexity index is 1090. The number of benzene rings is 1. The summed E-state index contributed by atoms with van der Waals surface area (Å²) in [6.45, 7) is 11.5. The highest BCUT2D eigenvalue weighted by atomic mass is 19.4. The number of allylic oxidation sites excluding steroid dienone is 3. The van der Waals surface area contributed by atoms with Crippen LogP contribution in [0.25, 0.3) is 0 Å². The maximum absolute atomic E-state index is 13.4. The molecule has 1 saturated heterocycles. The van der Waals surface area contributed by atoms with Crippen molar-refractivity contribution in [1.29, 1.82) is 0 Å². The van der Waals surface area contributed by atoms with Gasteiger partial charge in [0, 0.05) is 19.0 Å². The fraction of sp³-hybridized carbons (Fsp3) is 0.625. The average molecular weight is 600 g/mol. The third-order valence-corrected chi connectivity index (χ3v) is 7.29. The number of alkyl halides is 5. The minimum absolute atomic E-state index is 0.0376. The molecule has 42 heavy (non-hydrogen) atoms. The Kier molecular flexibility index (Phi) is 12.3. The Morgan fingerprint density at radius 3 is 2.10 bits per heavy atom. The molecule has 0 bridgehead atoms. The van der Waals surface area contributed by atoms with Crippen LogP contribution < -0.4 is 16.0 Å². The quantitative estimate of drug-likeness (QED) is 0.296. The summed E-state index contributed by atoms with van der Waals surface area (Å²) < 4.78 is 60.9. The molecule has 1 aromatic carbocycles. The van der Waals surface area contributed by atoms with E-state index in [2.05, 4.69) is 41.9 Å². The van der Waals surface area contributed by atoms with E-state index in [4.69, 9.17) is 0 Å². The van der Waals surface area contributed by atoms with Crippen molar-refractivity contribution in [3.05, 3.63) is 59.2 Å². The monoisotopic (exact) mass is 599 g/mol. The second-order valence-electron chi connectivity index (χ2n) is 12.1. The van der Waals surface area contributed by atoms with Gasteiger partial charge in [0.05, 0.1) is 11.0 Å². The molecule has 0 spiro atoms. The van der Waals surface area contributed by atoms with Crippen molar-refractivity contribution in [3.63, 3.8) is 0 Å². The minimum atomic E-state index is -4.42. The van der Waals surface area contributed by atoms with E-state index in [1.54, 1.807) is 0 Å². The molecule has 10 heteroatoms. The van der Waals surface area contributed by atoms with Crippen LogP contribution in [0.2, 0.25) is 0 Å². The summed E-state index contributed by atoms with van der Waals surface area (Å²) in [5, 5.41) is 9.22. The van der Waals surface area contributed by atoms with Crippen LogP contribution in [0.4, 0.5) is 22.0 Å². The Hall–Kier alpha value is -2.75. The number of carbonyl (C=O) groups excluding carboxylic acids is 2. The van der Waals surface area contributed by atoms with E-state index in [0.717, 1.165) is 70.2 Å². The summed E-state index contributed by atoms with van der Waals surface area (Å²) in [7, 11) is 0. The van der Waals surface area contributed by atoms with Crippen molar-refractivity contribution >= 4 is 11.8 Å². The summed E-state index contributed by atoms with van der Waals surface area (Å²) >= 11 is 0. The van der Waals surface area contributed by atoms with Crippen LogP contribution in [0.15, 0.2) is 48.1 Å². The van der Waals surface area contributed by atoms with Crippen molar-refractivity contribution < 1.29 is 31.5 Å². The molecule has 1 aromatic rings. The molecule has 2 aliphatic carbocycles. The molecule has 2 atom stereocenters. The molecule has 4 rings (SSSR count). The second kappa shape index (κ2) is 14.6. The zero-order valence-corrected chi connectivity index (χ0v) is 25.6. The van der Waals surface area contributed by atoms with Crippen LogP contribution in [0.3, 0.4) is 0 Å². The Morgan fingerprint density at radius 2 is 1.64 bits per heavy atom. The lowest BCUT2D eigenvalue weighted by atomic mass is 9.80. The van der Waals surface area contributed by atoms with Crippen LogP contribution in [0.1, 0.15) is 84.8 Å². The number of piperidine rings is 1. The highest BCUT2D eigenvalue weighted by Gasteiger charge is 2.53. The van der Waals surface area contributed by atoms with Gasteiger partial charge in [0.2, 0.25) is 17.7 Å². The number of amides is 2. The SMILES string of the molecule is CC.CC(C)(F)F.CC1(C)C=CC(C2(C(=O)N[C@@H](Cc3ccc(C(F)(F)F)cc3)C(=O)N[C@@H]3CCCNC3)CC2)=CC1. The van der Waals surface area contributed by atoms with Crippen LogP contribution in [-0.4, -0.2) is 42.9 Å². The molecular weight excluding hydrogens is 553 g/mol. The first-order chi connectivity index (χ1) is 19.5. The first kappa shape index (κ1) is 35.4. The summed E-state index contributed by atoms with van der Waals surface area (Å²) in [6, 6.07) is 3.86. The van der Waals surface area contributed by atoms with Crippen molar-refractivity contribution in [2.75, 3.05) is 13.1 Å². The Labute approximate surface area is 246 Å². The molecule has 0 unspecified atom stereocenters. The summed E-state index contributed by atoms with van der Waals surface area (Å²) in [5.41, 5.74) is 0.228. The third kappa shape index (κ3) is 11.2. The largest absolute Gasteiger partial charge is 0.416 e. The minimum Gasteiger partial charge on any atom is -0.350 e. The molecule has 3 aliphatic rings. The van der Waals surface area contributed by atoms with E-state index >= 15 is 0 Å². The maximum Gasteiger partial charge on any atom is 0.416 e. The molecule has 236 valence electrons. The van der Waals surface area contributed by atoms with E-state index in [-0.39, 0.29) is 29.7 Å². The highest BCUT2D eigenvalue weighted by molar-refractivity contribution is 5.94. The molecule has 2 fully saturated rings. The van der Waals surface area contributed by atoms with Crippen molar-refractivity contribution in [2.45, 2.75) is 104 Å². The summed E-state index contributed by atoms with van der Waals surface area (Å²) in [4.78, 5) is 26.7. The fourth-order valence-corrected chi connectivity index (χ4v) is 4.80. The van der Waals surface area contributed by atoms with Gasteiger partial charge in [-0.05, 0) is 81.2 Å². The van der Waals surface area contributed by atoms with Gasteiger partial charge >= 0.3 is 6.18 Å². The van der Waals surface area contributed by atoms with Gasteiger partial charge < -0.3 is 16.0 Å². The lowest BCUT2D eigenvalue weighted by molar-refractivity contribution is -0.137. The van der Waals surface area contributed by atoms with Crippen LogP contribution >= 0.6 is 0 Å². The molecule has 1 saturated carbocycles. The van der Waals surface area contributed by atoms with Gasteiger partial charge in [0.15, 0.2) is 0 Å². The van der Waals surface area contributed by atoms with Gasteiger partial charge in [-0.2, -0.15) is 13.2 Å². The van der Waals surface area contributed by atoms with E-state index in [0.29, 0.717) is 12.1 Å². The van der Waals surface area contributed by atoms with E-state index in [9.17, 15) is 31.5 Å².